The van der Waals surface area contributed by atoms with Crippen LogP contribution in [0.25, 0.3) is 0 Å². The summed E-state index contributed by atoms with van der Waals surface area (Å²) in [6.07, 6.45) is -4.98. The number of aliphatic hydroxyl groups is 1. The molecule has 0 aliphatic carbocycles. The Balaban J connectivity index is 2.35. The number of aliphatic hydroxyl groups excluding tert-OH is 1. The molecule has 1 aromatic carbocycles. The lowest BCUT2D eigenvalue weighted by atomic mass is 10.1. The fraction of sp³-hybridized carbons (Fsp3) is 0.538. The summed E-state index contributed by atoms with van der Waals surface area (Å²) < 4.78 is 58.1. The van der Waals surface area contributed by atoms with Crippen LogP contribution in [-0.2, 0) is 4.74 Å². The van der Waals surface area contributed by atoms with Crippen LogP contribution in [0.3, 0.4) is 0 Å². The van der Waals surface area contributed by atoms with Crippen LogP contribution in [0.2, 0.25) is 0 Å². The van der Waals surface area contributed by atoms with Gasteiger partial charge in [-0.2, -0.15) is 13.2 Å². The number of hydrogen-bond donors (Lipinski definition) is 1. The van der Waals surface area contributed by atoms with E-state index in [1.807, 2.05) is 0 Å². The molecule has 1 rings (SSSR count). The van der Waals surface area contributed by atoms with Gasteiger partial charge in [-0.1, -0.05) is 0 Å². The Bertz CT molecular complexity index is 419. The van der Waals surface area contributed by atoms with Crippen molar-refractivity contribution in [3.63, 3.8) is 0 Å². The summed E-state index contributed by atoms with van der Waals surface area (Å²) >= 11 is 0. The van der Waals surface area contributed by atoms with Gasteiger partial charge in [0.25, 0.3) is 0 Å². The molecule has 0 fully saturated rings. The molecule has 7 heteroatoms. The van der Waals surface area contributed by atoms with Crippen molar-refractivity contribution in [1.29, 1.82) is 0 Å². The molecule has 3 nitrogen and oxygen atoms in total. The highest BCUT2D eigenvalue weighted by Crippen LogP contribution is 2.26. The molecule has 0 bridgehead atoms. The van der Waals surface area contributed by atoms with Crippen molar-refractivity contribution in [3.8, 4) is 5.75 Å². The van der Waals surface area contributed by atoms with Gasteiger partial charge in [-0.3, -0.25) is 0 Å². The molecular weight excluding hydrogens is 280 g/mol. The molecule has 1 unspecified atom stereocenters. The van der Waals surface area contributed by atoms with Crippen LogP contribution >= 0.6 is 0 Å². The molecule has 0 spiro atoms. The highest BCUT2D eigenvalue weighted by molar-refractivity contribution is 5.35. The Morgan fingerprint density at radius 1 is 1.25 bits per heavy atom. The number of alkyl halides is 3. The van der Waals surface area contributed by atoms with Gasteiger partial charge in [0.05, 0.1) is 19.3 Å². The highest BCUT2D eigenvalue weighted by atomic mass is 19.4. The van der Waals surface area contributed by atoms with Gasteiger partial charge in [0, 0.05) is 12.0 Å². The van der Waals surface area contributed by atoms with Gasteiger partial charge in [0.2, 0.25) is 0 Å². The zero-order valence-corrected chi connectivity index (χ0v) is 10.9. The maximum Gasteiger partial charge on any atom is 0.411 e. The van der Waals surface area contributed by atoms with E-state index in [4.69, 9.17) is 4.74 Å². The summed E-state index contributed by atoms with van der Waals surface area (Å²) in [6.45, 7) is 0.199. The van der Waals surface area contributed by atoms with Gasteiger partial charge >= 0.3 is 6.18 Å². The normalized spacial score (nSPS) is 13.3. The molecule has 20 heavy (non-hydrogen) atoms. The second-order valence-corrected chi connectivity index (χ2v) is 4.23. The van der Waals surface area contributed by atoms with Crippen LogP contribution in [0, 0.1) is 5.82 Å². The monoisotopic (exact) mass is 296 g/mol. The Morgan fingerprint density at radius 2 is 1.95 bits per heavy atom. The van der Waals surface area contributed by atoms with Crippen LogP contribution in [0.15, 0.2) is 18.2 Å². The van der Waals surface area contributed by atoms with Crippen LogP contribution in [-0.4, -0.2) is 31.1 Å². The molecular formula is C13H16F4O3. The van der Waals surface area contributed by atoms with E-state index in [-0.39, 0.29) is 19.6 Å². The van der Waals surface area contributed by atoms with Crippen LogP contribution in [0.5, 0.6) is 5.75 Å². The molecule has 0 radical (unpaired) electrons. The summed E-state index contributed by atoms with van der Waals surface area (Å²) in [5, 5.41) is 9.46. The molecule has 114 valence electrons. The Kier molecular flexibility index (Phi) is 6.22. The molecule has 0 saturated carbocycles. The van der Waals surface area contributed by atoms with E-state index in [0.29, 0.717) is 11.3 Å². The third-order valence-electron chi connectivity index (χ3n) is 2.38. The predicted octanol–water partition coefficient (Wildman–Crippen LogP) is 3.23. The van der Waals surface area contributed by atoms with E-state index in [2.05, 4.69) is 4.74 Å². The Hall–Kier alpha value is -1.34. The summed E-state index contributed by atoms with van der Waals surface area (Å²) in [7, 11) is 0. The minimum absolute atomic E-state index is 0.0925. The van der Waals surface area contributed by atoms with E-state index >= 15 is 0 Å². The van der Waals surface area contributed by atoms with Gasteiger partial charge in [0.15, 0.2) is 0 Å². The van der Waals surface area contributed by atoms with Crippen molar-refractivity contribution in [2.75, 3.05) is 19.8 Å². The summed E-state index contributed by atoms with van der Waals surface area (Å²) in [4.78, 5) is 0. The number of halogens is 4. The first-order valence-electron chi connectivity index (χ1n) is 6.04. The lowest BCUT2D eigenvalue weighted by molar-refractivity contribution is -0.174. The minimum atomic E-state index is -4.34. The van der Waals surface area contributed by atoms with Crippen molar-refractivity contribution < 1.29 is 32.1 Å². The van der Waals surface area contributed by atoms with Crippen molar-refractivity contribution in [2.45, 2.75) is 25.6 Å². The lowest BCUT2D eigenvalue weighted by Gasteiger charge is -2.13. The molecule has 0 heterocycles. The zero-order valence-electron chi connectivity index (χ0n) is 10.9. The number of rotatable bonds is 7. The smallest absolute Gasteiger partial charge is 0.411 e. The van der Waals surface area contributed by atoms with E-state index < -0.39 is 24.7 Å². The Morgan fingerprint density at radius 3 is 2.55 bits per heavy atom. The van der Waals surface area contributed by atoms with Gasteiger partial charge in [-0.05, 0) is 25.1 Å². The first-order valence-corrected chi connectivity index (χ1v) is 6.04. The van der Waals surface area contributed by atoms with E-state index in [1.54, 1.807) is 0 Å². The highest BCUT2D eigenvalue weighted by Gasteiger charge is 2.27. The second kappa shape index (κ2) is 7.44. The summed E-state index contributed by atoms with van der Waals surface area (Å²) in [5.41, 5.74) is 0.293. The molecule has 0 aromatic heterocycles. The van der Waals surface area contributed by atoms with Crippen molar-refractivity contribution in [3.05, 3.63) is 29.6 Å². The topological polar surface area (TPSA) is 38.7 Å². The lowest BCUT2D eigenvalue weighted by Crippen LogP contribution is -2.18. The van der Waals surface area contributed by atoms with Gasteiger partial charge < -0.3 is 14.6 Å². The van der Waals surface area contributed by atoms with Gasteiger partial charge in [-0.15, -0.1) is 0 Å². The van der Waals surface area contributed by atoms with Crippen molar-refractivity contribution in [2.24, 2.45) is 0 Å². The molecule has 1 aromatic rings. The third kappa shape index (κ3) is 6.21. The summed E-state index contributed by atoms with van der Waals surface area (Å²) in [5.74, 6) is -0.195. The molecule has 0 saturated heterocycles. The van der Waals surface area contributed by atoms with Crippen LogP contribution < -0.4 is 4.74 Å². The fourth-order valence-corrected chi connectivity index (χ4v) is 1.51. The van der Waals surface area contributed by atoms with Crippen molar-refractivity contribution in [1.82, 2.24) is 0 Å². The standard InChI is InChI=1S/C13H16F4O3/c1-9(18)11-7-10(14)3-4-12(11)20-6-2-5-19-8-13(15,16)17/h3-4,7,9,18H,2,5-6,8H2,1H3. The molecule has 0 aliphatic rings. The molecule has 0 amide bonds. The number of ether oxygens (including phenoxy) is 2. The zero-order chi connectivity index (χ0) is 15.2. The van der Waals surface area contributed by atoms with Gasteiger partial charge in [-0.25, -0.2) is 4.39 Å². The van der Waals surface area contributed by atoms with E-state index in [9.17, 15) is 22.7 Å². The van der Waals surface area contributed by atoms with Crippen LogP contribution in [0.4, 0.5) is 17.6 Å². The van der Waals surface area contributed by atoms with E-state index in [1.165, 1.54) is 19.1 Å². The average Bonchev–Trinajstić information content (AvgIpc) is 2.33. The largest absolute Gasteiger partial charge is 0.493 e. The second-order valence-electron chi connectivity index (χ2n) is 4.23. The molecule has 1 N–H and O–H groups in total. The number of benzene rings is 1. The van der Waals surface area contributed by atoms with Crippen molar-refractivity contribution >= 4 is 0 Å². The van der Waals surface area contributed by atoms with E-state index in [0.717, 1.165) is 6.07 Å². The quantitative estimate of drug-likeness (QED) is 0.620. The predicted molar refractivity (Wildman–Crippen MR) is 64.0 cm³/mol. The maximum atomic E-state index is 13.0. The third-order valence-corrected chi connectivity index (χ3v) is 2.38. The summed E-state index contributed by atoms with van der Waals surface area (Å²) in [6, 6.07) is 3.70. The first-order chi connectivity index (χ1) is 9.29. The average molecular weight is 296 g/mol. The Labute approximate surface area is 114 Å². The molecule has 1 atom stereocenters. The van der Waals surface area contributed by atoms with Gasteiger partial charge in [0.1, 0.15) is 18.2 Å². The first kappa shape index (κ1) is 16.7. The maximum absolute atomic E-state index is 13.0. The molecule has 0 aliphatic heterocycles. The van der Waals surface area contributed by atoms with Crippen LogP contribution in [0.1, 0.15) is 25.0 Å². The minimum Gasteiger partial charge on any atom is -0.493 e. The number of hydrogen-bond acceptors (Lipinski definition) is 3. The fourth-order valence-electron chi connectivity index (χ4n) is 1.51. The SMILES string of the molecule is CC(O)c1cc(F)ccc1OCCCOCC(F)(F)F.